The molecule has 1 rings (SSSR count). The average Bonchev–Trinajstić information content (AvgIpc) is 2.37. The number of nitrogens with one attached hydrogen (secondary N) is 1. The van der Waals surface area contributed by atoms with Gasteiger partial charge in [0.15, 0.2) is 11.6 Å². The van der Waals surface area contributed by atoms with E-state index in [1.807, 2.05) is 13.8 Å². The molecule has 4 nitrogen and oxygen atoms in total. The zero-order valence-electron chi connectivity index (χ0n) is 13.1. The van der Waals surface area contributed by atoms with E-state index in [0.717, 1.165) is 0 Å². The van der Waals surface area contributed by atoms with Gasteiger partial charge in [-0.25, -0.2) is 4.39 Å². The van der Waals surface area contributed by atoms with Crippen LogP contribution in [0.3, 0.4) is 0 Å². The predicted molar refractivity (Wildman–Crippen MR) is 80.0 cm³/mol. The Bertz CT molecular complexity index is 486. The molecule has 1 atom stereocenters. The summed E-state index contributed by atoms with van der Waals surface area (Å²) in [6.45, 7) is 8.03. The van der Waals surface area contributed by atoms with Crippen molar-refractivity contribution in [2.75, 3.05) is 13.2 Å². The molecule has 1 unspecified atom stereocenters. The summed E-state index contributed by atoms with van der Waals surface area (Å²) in [6.07, 6.45) is 0.124. The molecule has 0 saturated carbocycles. The zero-order valence-corrected chi connectivity index (χ0v) is 13.1. The zero-order chi connectivity index (χ0) is 16.0. The molecule has 0 aromatic heterocycles. The normalized spacial score (nSPS) is 12.9. The monoisotopic (exact) mass is 297 g/mol. The van der Waals surface area contributed by atoms with Crippen LogP contribution in [0.4, 0.5) is 4.39 Å². The summed E-state index contributed by atoms with van der Waals surface area (Å²) >= 11 is 0. The second-order valence-corrected chi connectivity index (χ2v) is 5.95. The molecule has 0 bridgehead atoms. The molecule has 0 fully saturated rings. The minimum atomic E-state index is -0.548. The third-order valence-corrected chi connectivity index (χ3v) is 3.08. The smallest absolute Gasteiger partial charge is 0.255 e. The molecule has 118 valence electrons. The number of carbonyl (C=O) groups is 1. The fourth-order valence-corrected chi connectivity index (χ4v) is 2.27. The number of para-hydroxylation sites is 1. The summed E-state index contributed by atoms with van der Waals surface area (Å²) < 4.78 is 18.9. The van der Waals surface area contributed by atoms with E-state index < -0.39 is 11.9 Å². The lowest BCUT2D eigenvalue weighted by molar-refractivity contribution is 0.0897. The summed E-state index contributed by atoms with van der Waals surface area (Å²) in [7, 11) is 0. The number of rotatable bonds is 7. The molecule has 0 aliphatic rings. The van der Waals surface area contributed by atoms with Gasteiger partial charge in [-0.3, -0.25) is 4.79 Å². The molecule has 0 spiro atoms. The van der Waals surface area contributed by atoms with Crippen molar-refractivity contribution in [3.8, 4) is 5.75 Å². The summed E-state index contributed by atoms with van der Waals surface area (Å²) in [5.74, 6) is -0.949. The Balaban J connectivity index is 2.79. The molecule has 1 amide bonds. The van der Waals surface area contributed by atoms with Crippen molar-refractivity contribution in [1.82, 2.24) is 5.32 Å². The number of benzene rings is 1. The number of halogens is 1. The molecular formula is C16H24FNO3. The Morgan fingerprint density at radius 2 is 2.14 bits per heavy atom. The topological polar surface area (TPSA) is 58.6 Å². The van der Waals surface area contributed by atoms with Crippen molar-refractivity contribution in [3.05, 3.63) is 29.6 Å². The van der Waals surface area contributed by atoms with Crippen molar-refractivity contribution in [3.63, 3.8) is 0 Å². The van der Waals surface area contributed by atoms with Crippen molar-refractivity contribution in [2.24, 2.45) is 5.41 Å². The van der Waals surface area contributed by atoms with Gasteiger partial charge >= 0.3 is 0 Å². The summed E-state index contributed by atoms with van der Waals surface area (Å²) in [6, 6.07) is 4.28. The highest BCUT2D eigenvalue weighted by atomic mass is 19.1. The lowest BCUT2D eigenvalue weighted by Crippen LogP contribution is -2.36. The van der Waals surface area contributed by atoms with Crippen LogP contribution in [0.2, 0.25) is 0 Å². The molecule has 0 heterocycles. The van der Waals surface area contributed by atoms with Crippen LogP contribution in [0.5, 0.6) is 5.75 Å². The van der Waals surface area contributed by atoms with Gasteiger partial charge in [0, 0.05) is 6.54 Å². The Labute approximate surface area is 125 Å². The van der Waals surface area contributed by atoms with Gasteiger partial charge in [0.05, 0.1) is 18.3 Å². The molecule has 1 aromatic carbocycles. The van der Waals surface area contributed by atoms with Gasteiger partial charge in [0.25, 0.3) is 5.91 Å². The van der Waals surface area contributed by atoms with E-state index in [4.69, 9.17) is 4.74 Å². The van der Waals surface area contributed by atoms with Crippen LogP contribution in [-0.4, -0.2) is 30.3 Å². The van der Waals surface area contributed by atoms with Crippen LogP contribution < -0.4 is 10.1 Å². The highest BCUT2D eigenvalue weighted by molar-refractivity contribution is 5.97. The van der Waals surface area contributed by atoms with Gasteiger partial charge in [-0.1, -0.05) is 19.9 Å². The van der Waals surface area contributed by atoms with Crippen molar-refractivity contribution in [2.45, 2.75) is 40.2 Å². The quantitative estimate of drug-likeness (QED) is 0.813. The van der Waals surface area contributed by atoms with E-state index in [9.17, 15) is 14.3 Å². The van der Waals surface area contributed by atoms with Crippen LogP contribution >= 0.6 is 0 Å². The Kier molecular flexibility index (Phi) is 6.15. The summed E-state index contributed by atoms with van der Waals surface area (Å²) in [4.78, 5) is 12.2. The Morgan fingerprint density at radius 3 is 2.71 bits per heavy atom. The standard InChI is InChI=1S/C16H24FNO3/c1-5-21-14-12(7-6-8-13(14)17)15(20)18-10-16(3,4)9-11(2)19/h6-8,11,19H,5,9-10H2,1-4H3,(H,18,20). The number of carbonyl (C=O) groups excluding carboxylic acids is 1. The van der Waals surface area contributed by atoms with Gasteiger partial charge in [0.2, 0.25) is 0 Å². The lowest BCUT2D eigenvalue weighted by atomic mass is 9.87. The van der Waals surface area contributed by atoms with Crippen LogP contribution in [0, 0.1) is 11.2 Å². The van der Waals surface area contributed by atoms with E-state index in [1.165, 1.54) is 18.2 Å². The van der Waals surface area contributed by atoms with Crippen LogP contribution in [-0.2, 0) is 0 Å². The predicted octanol–water partition coefficient (Wildman–Crippen LogP) is 2.75. The second kappa shape index (κ2) is 7.41. The Morgan fingerprint density at radius 1 is 1.48 bits per heavy atom. The van der Waals surface area contributed by atoms with Gasteiger partial charge in [-0.05, 0) is 37.8 Å². The molecule has 21 heavy (non-hydrogen) atoms. The third kappa shape index (κ3) is 5.34. The first-order chi connectivity index (χ1) is 9.76. The largest absolute Gasteiger partial charge is 0.490 e. The third-order valence-electron chi connectivity index (χ3n) is 3.08. The molecule has 0 aliphatic carbocycles. The number of hydrogen-bond donors (Lipinski definition) is 2. The van der Waals surface area contributed by atoms with E-state index in [2.05, 4.69) is 5.32 Å². The summed E-state index contributed by atoms with van der Waals surface area (Å²) in [5.41, 5.74) is -0.0622. The fraction of sp³-hybridized carbons (Fsp3) is 0.562. The number of aliphatic hydroxyl groups is 1. The van der Waals surface area contributed by atoms with E-state index >= 15 is 0 Å². The van der Waals surface area contributed by atoms with Gasteiger partial charge in [0.1, 0.15) is 0 Å². The molecule has 0 aliphatic heterocycles. The first-order valence-corrected chi connectivity index (χ1v) is 7.14. The first-order valence-electron chi connectivity index (χ1n) is 7.14. The number of ether oxygens (including phenoxy) is 1. The lowest BCUT2D eigenvalue weighted by Gasteiger charge is -2.26. The first kappa shape index (κ1) is 17.4. The highest BCUT2D eigenvalue weighted by Gasteiger charge is 2.23. The van der Waals surface area contributed by atoms with Crippen molar-refractivity contribution < 1.29 is 19.0 Å². The maximum atomic E-state index is 13.7. The Hall–Kier alpha value is -1.62. The van der Waals surface area contributed by atoms with E-state index in [0.29, 0.717) is 13.0 Å². The molecule has 0 radical (unpaired) electrons. The van der Waals surface area contributed by atoms with Gasteiger partial charge < -0.3 is 15.2 Å². The van der Waals surface area contributed by atoms with Gasteiger partial charge in [-0.15, -0.1) is 0 Å². The minimum Gasteiger partial charge on any atom is -0.490 e. The van der Waals surface area contributed by atoms with Gasteiger partial charge in [-0.2, -0.15) is 0 Å². The average molecular weight is 297 g/mol. The highest BCUT2D eigenvalue weighted by Crippen LogP contribution is 2.24. The number of hydrogen-bond acceptors (Lipinski definition) is 3. The fourth-order valence-electron chi connectivity index (χ4n) is 2.27. The van der Waals surface area contributed by atoms with Crippen molar-refractivity contribution in [1.29, 1.82) is 0 Å². The summed E-state index contributed by atoms with van der Waals surface area (Å²) in [5, 5.41) is 12.2. The van der Waals surface area contributed by atoms with Crippen LogP contribution in [0.15, 0.2) is 18.2 Å². The molecule has 5 heteroatoms. The molecule has 0 saturated heterocycles. The molecule has 2 N–H and O–H groups in total. The van der Waals surface area contributed by atoms with E-state index in [-0.39, 0.29) is 29.2 Å². The maximum Gasteiger partial charge on any atom is 0.255 e. The second-order valence-electron chi connectivity index (χ2n) is 5.95. The maximum absolute atomic E-state index is 13.7. The van der Waals surface area contributed by atoms with Crippen LogP contribution in [0.25, 0.3) is 0 Å². The SMILES string of the molecule is CCOc1c(F)cccc1C(=O)NCC(C)(C)CC(C)O. The number of amides is 1. The minimum absolute atomic E-state index is 0.0224. The van der Waals surface area contributed by atoms with Crippen LogP contribution in [0.1, 0.15) is 44.5 Å². The molecule has 1 aromatic rings. The van der Waals surface area contributed by atoms with E-state index in [1.54, 1.807) is 13.8 Å². The molecular weight excluding hydrogens is 273 g/mol. The number of aliphatic hydroxyl groups excluding tert-OH is 1. The van der Waals surface area contributed by atoms with Crippen molar-refractivity contribution >= 4 is 5.91 Å².